The molecule has 1 fully saturated rings. The van der Waals surface area contributed by atoms with Gasteiger partial charge in [0.25, 0.3) is 0 Å². The molecule has 1 aliphatic rings. The van der Waals surface area contributed by atoms with Crippen molar-refractivity contribution >= 4 is 5.91 Å². The van der Waals surface area contributed by atoms with Crippen molar-refractivity contribution in [2.45, 2.75) is 59.3 Å². The molecule has 0 unspecified atom stereocenters. The number of carbonyl (C=O) groups is 1. The second-order valence-corrected chi connectivity index (χ2v) is 6.87. The van der Waals surface area contributed by atoms with Gasteiger partial charge in [0, 0.05) is 23.9 Å². The third-order valence-corrected chi connectivity index (χ3v) is 4.37. The molecule has 1 rings (SSSR count). The highest BCUT2D eigenvalue weighted by Crippen LogP contribution is 2.39. The highest BCUT2D eigenvalue weighted by atomic mass is 16.1. The summed E-state index contributed by atoms with van der Waals surface area (Å²) in [6.45, 7) is 8.09. The number of azide groups is 1. The summed E-state index contributed by atoms with van der Waals surface area (Å²) in [5.74, 6) is 1.15. The van der Waals surface area contributed by atoms with Gasteiger partial charge in [-0.2, -0.15) is 0 Å². The molecule has 5 heteroatoms. The lowest BCUT2D eigenvalue weighted by Crippen LogP contribution is -2.35. The van der Waals surface area contributed by atoms with Crippen LogP contribution in [0.2, 0.25) is 0 Å². The van der Waals surface area contributed by atoms with E-state index >= 15 is 0 Å². The van der Waals surface area contributed by atoms with Crippen LogP contribution in [-0.4, -0.2) is 19.0 Å². The van der Waals surface area contributed by atoms with Crippen LogP contribution in [0.25, 0.3) is 10.4 Å². The third kappa shape index (κ3) is 5.83. The number of nitrogens with one attached hydrogen (secondary N) is 1. The molecule has 0 radical (unpaired) electrons. The zero-order chi connectivity index (χ0) is 15.0. The highest BCUT2D eigenvalue weighted by molar-refractivity contribution is 5.78. The quantitative estimate of drug-likeness (QED) is 0.339. The topological polar surface area (TPSA) is 77.9 Å². The SMILES string of the molecule is CC(C)(C)C1CCC(C(=O)NCCCCN=[N+]=[N-])CC1. The van der Waals surface area contributed by atoms with Crippen LogP contribution in [0.3, 0.4) is 0 Å². The zero-order valence-electron chi connectivity index (χ0n) is 13.1. The number of amides is 1. The van der Waals surface area contributed by atoms with Gasteiger partial charge in [0.1, 0.15) is 0 Å². The molecule has 0 aromatic rings. The molecule has 1 aliphatic carbocycles. The summed E-state index contributed by atoms with van der Waals surface area (Å²) in [6.07, 6.45) is 6.08. The zero-order valence-corrected chi connectivity index (χ0v) is 13.1. The number of rotatable bonds is 6. The number of nitrogens with zero attached hydrogens (tertiary/aromatic N) is 3. The van der Waals surface area contributed by atoms with E-state index in [9.17, 15) is 4.79 Å². The maximum Gasteiger partial charge on any atom is 0.223 e. The Bertz CT molecular complexity index is 347. The van der Waals surface area contributed by atoms with Crippen molar-refractivity contribution in [2.24, 2.45) is 22.4 Å². The van der Waals surface area contributed by atoms with Gasteiger partial charge in [-0.25, -0.2) is 0 Å². The Labute approximate surface area is 122 Å². The minimum Gasteiger partial charge on any atom is -0.356 e. The molecule has 5 nitrogen and oxygen atoms in total. The molecule has 114 valence electrons. The molecule has 1 N–H and O–H groups in total. The summed E-state index contributed by atoms with van der Waals surface area (Å²) in [6, 6.07) is 0. The monoisotopic (exact) mass is 280 g/mol. The fraction of sp³-hybridized carbons (Fsp3) is 0.933. The van der Waals surface area contributed by atoms with Crippen LogP contribution in [0.5, 0.6) is 0 Å². The predicted molar refractivity (Wildman–Crippen MR) is 81.2 cm³/mol. The average molecular weight is 280 g/mol. The second kappa shape index (κ2) is 8.15. The van der Waals surface area contributed by atoms with Crippen LogP contribution in [0.4, 0.5) is 0 Å². The van der Waals surface area contributed by atoms with E-state index in [0.29, 0.717) is 18.5 Å². The van der Waals surface area contributed by atoms with E-state index in [-0.39, 0.29) is 11.8 Å². The van der Waals surface area contributed by atoms with Crippen LogP contribution < -0.4 is 5.32 Å². The Kier molecular flexibility index (Phi) is 6.86. The molecule has 0 heterocycles. The molecule has 0 aliphatic heterocycles. The van der Waals surface area contributed by atoms with Crippen molar-refractivity contribution in [3.63, 3.8) is 0 Å². The van der Waals surface area contributed by atoms with E-state index in [1.807, 2.05) is 0 Å². The summed E-state index contributed by atoms with van der Waals surface area (Å²) in [7, 11) is 0. The van der Waals surface area contributed by atoms with E-state index in [4.69, 9.17) is 5.53 Å². The van der Waals surface area contributed by atoms with E-state index < -0.39 is 0 Å². The number of unbranched alkanes of at least 4 members (excludes halogenated alkanes) is 1. The molecule has 1 saturated carbocycles. The Morgan fingerprint density at radius 3 is 2.45 bits per heavy atom. The summed E-state index contributed by atoms with van der Waals surface area (Å²) >= 11 is 0. The summed E-state index contributed by atoms with van der Waals surface area (Å²) in [5.41, 5.74) is 8.51. The first-order chi connectivity index (χ1) is 9.45. The van der Waals surface area contributed by atoms with Crippen molar-refractivity contribution in [2.75, 3.05) is 13.1 Å². The van der Waals surface area contributed by atoms with E-state index in [1.54, 1.807) is 0 Å². The van der Waals surface area contributed by atoms with Gasteiger partial charge in [-0.1, -0.05) is 25.9 Å². The lowest BCUT2D eigenvalue weighted by Gasteiger charge is -2.36. The smallest absolute Gasteiger partial charge is 0.223 e. The van der Waals surface area contributed by atoms with Crippen molar-refractivity contribution in [3.8, 4) is 0 Å². The third-order valence-electron chi connectivity index (χ3n) is 4.37. The van der Waals surface area contributed by atoms with Crippen molar-refractivity contribution in [1.82, 2.24) is 5.32 Å². The normalized spacial score (nSPS) is 22.9. The van der Waals surface area contributed by atoms with Crippen LogP contribution in [0.1, 0.15) is 59.3 Å². The molecular formula is C15H28N4O. The maximum absolute atomic E-state index is 12.1. The predicted octanol–water partition coefficient (Wildman–Crippen LogP) is 4.05. The van der Waals surface area contributed by atoms with E-state index in [1.165, 1.54) is 12.8 Å². The molecule has 0 spiro atoms. The first-order valence-electron chi connectivity index (χ1n) is 7.73. The first kappa shape index (κ1) is 16.8. The molecule has 0 bridgehead atoms. The van der Waals surface area contributed by atoms with Gasteiger partial charge in [0.15, 0.2) is 0 Å². The second-order valence-electron chi connectivity index (χ2n) is 6.87. The average Bonchev–Trinajstić information content (AvgIpc) is 2.41. The molecule has 0 aromatic carbocycles. The van der Waals surface area contributed by atoms with Crippen molar-refractivity contribution in [3.05, 3.63) is 10.4 Å². The van der Waals surface area contributed by atoms with Crippen molar-refractivity contribution in [1.29, 1.82) is 0 Å². The summed E-state index contributed by atoms with van der Waals surface area (Å²) < 4.78 is 0. The fourth-order valence-electron chi connectivity index (χ4n) is 2.93. The van der Waals surface area contributed by atoms with Crippen LogP contribution in [0, 0.1) is 17.3 Å². The van der Waals surface area contributed by atoms with Gasteiger partial charge in [0.2, 0.25) is 5.91 Å². The number of carbonyl (C=O) groups excluding carboxylic acids is 1. The lowest BCUT2D eigenvalue weighted by molar-refractivity contribution is -0.126. The van der Waals surface area contributed by atoms with E-state index in [0.717, 1.165) is 31.6 Å². The maximum atomic E-state index is 12.1. The molecule has 0 saturated heterocycles. The summed E-state index contributed by atoms with van der Waals surface area (Å²) in [5, 5.41) is 6.49. The molecule has 0 atom stereocenters. The van der Waals surface area contributed by atoms with Crippen LogP contribution >= 0.6 is 0 Å². The van der Waals surface area contributed by atoms with Crippen molar-refractivity contribution < 1.29 is 4.79 Å². The summed E-state index contributed by atoms with van der Waals surface area (Å²) in [4.78, 5) is 14.8. The minimum absolute atomic E-state index is 0.200. The van der Waals surface area contributed by atoms with Gasteiger partial charge >= 0.3 is 0 Å². The van der Waals surface area contributed by atoms with E-state index in [2.05, 4.69) is 36.1 Å². The van der Waals surface area contributed by atoms with Gasteiger partial charge in [-0.05, 0) is 55.4 Å². The van der Waals surface area contributed by atoms with Gasteiger partial charge in [0.05, 0.1) is 0 Å². The number of hydrogen-bond donors (Lipinski definition) is 1. The minimum atomic E-state index is 0.200. The first-order valence-corrected chi connectivity index (χ1v) is 7.73. The highest BCUT2D eigenvalue weighted by Gasteiger charge is 2.32. The molecule has 20 heavy (non-hydrogen) atoms. The Hall–Kier alpha value is -1.22. The molecule has 0 aromatic heterocycles. The van der Waals surface area contributed by atoms with Crippen LogP contribution in [0.15, 0.2) is 5.11 Å². The Morgan fingerprint density at radius 2 is 1.90 bits per heavy atom. The molecular weight excluding hydrogens is 252 g/mol. The van der Waals surface area contributed by atoms with Gasteiger partial charge in [-0.3, -0.25) is 4.79 Å². The lowest BCUT2D eigenvalue weighted by atomic mass is 9.69. The van der Waals surface area contributed by atoms with Crippen LogP contribution in [-0.2, 0) is 4.79 Å². The Morgan fingerprint density at radius 1 is 1.25 bits per heavy atom. The fourth-order valence-corrected chi connectivity index (χ4v) is 2.93. The van der Waals surface area contributed by atoms with Gasteiger partial charge in [-0.15, -0.1) is 0 Å². The number of hydrogen-bond acceptors (Lipinski definition) is 2. The van der Waals surface area contributed by atoms with Gasteiger partial charge < -0.3 is 5.32 Å². The Balaban J connectivity index is 2.18. The standard InChI is InChI=1S/C15H28N4O/c1-15(2,3)13-8-6-12(7-9-13)14(20)17-10-4-5-11-18-19-16/h12-13H,4-11H2,1-3H3,(H,17,20). The largest absolute Gasteiger partial charge is 0.356 e. The molecule has 1 amide bonds.